The summed E-state index contributed by atoms with van der Waals surface area (Å²) in [6.07, 6.45) is 7.74. The van der Waals surface area contributed by atoms with Crippen molar-refractivity contribution in [3.8, 4) is 0 Å². The fraction of sp³-hybridized carbons (Fsp3) is 0.684. The first-order chi connectivity index (χ1) is 12.6. The molecular weight excluding hydrogens is 386 g/mol. The highest BCUT2D eigenvalue weighted by atomic mass is 35.5. The van der Waals surface area contributed by atoms with Gasteiger partial charge < -0.3 is 10.2 Å². The van der Waals surface area contributed by atoms with Crippen LogP contribution in [0, 0.1) is 0 Å². The molecule has 1 atom stereocenters. The van der Waals surface area contributed by atoms with Gasteiger partial charge in [-0.2, -0.15) is 0 Å². The van der Waals surface area contributed by atoms with Gasteiger partial charge in [-0.05, 0) is 57.3 Å². The second-order valence-corrected chi connectivity index (χ2v) is 9.67. The van der Waals surface area contributed by atoms with E-state index in [2.05, 4.69) is 10.3 Å². The van der Waals surface area contributed by atoms with Gasteiger partial charge in [-0.3, -0.25) is 9.78 Å². The molecule has 0 radical (unpaired) electrons. The molecule has 2 fully saturated rings. The molecule has 1 unspecified atom stereocenters. The first-order valence-electron chi connectivity index (χ1n) is 9.68. The van der Waals surface area contributed by atoms with Crippen LogP contribution >= 0.6 is 12.4 Å². The molecule has 27 heavy (non-hydrogen) atoms. The van der Waals surface area contributed by atoms with Crippen LogP contribution in [0.25, 0.3) is 0 Å². The van der Waals surface area contributed by atoms with Crippen LogP contribution in [0.4, 0.5) is 0 Å². The standard InChI is InChI=1S/C19H29N3O3S.ClH/c23-19(15-26(24,25)18-8-1-2-9-18)22(14-16-6-3-4-12-21-16)17-7-5-11-20-13-10-17;/h3-4,6,12,17-18,20H,1-2,5,7-11,13-15H2;1H. The third-order valence-corrected chi connectivity index (χ3v) is 7.64. The Morgan fingerprint density at radius 3 is 2.59 bits per heavy atom. The molecule has 1 aromatic rings. The molecule has 1 aliphatic heterocycles. The Morgan fingerprint density at radius 1 is 1.11 bits per heavy atom. The zero-order chi connectivity index (χ0) is 18.4. The lowest BCUT2D eigenvalue weighted by molar-refractivity contribution is -0.131. The van der Waals surface area contributed by atoms with E-state index in [9.17, 15) is 13.2 Å². The van der Waals surface area contributed by atoms with Gasteiger partial charge in [0.2, 0.25) is 5.91 Å². The summed E-state index contributed by atoms with van der Waals surface area (Å²) in [5, 5.41) is 3.02. The number of carbonyl (C=O) groups excluding carboxylic acids is 1. The third kappa shape index (κ3) is 6.16. The molecule has 1 saturated carbocycles. The first-order valence-corrected chi connectivity index (χ1v) is 11.4. The van der Waals surface area contributed by atoms with Crippen molar-refractivity contribution in [2.24, 2.45) is 0 Å². The van der Waals surface area contributed by atoms with Gasteiger partial charge in [0.1, 0.15) is 5.75 Å². The number of amides is 1. The number of nitrogens with one attached hydrogen (secondary N) is 1. The summed E-state index contributed by atoms with van der Waals surface area (Å²) in [4.78, 5) is 19.1. The van der Waals surface area contributed by atoms with Crippen molar-refractivity contribution in [1.29, 1.82) is 0 Å². The van der Waals surface area contributed by atoms with Gasteiger partial charge >= 0.3 is 0 Å². The van der Waals surface area contributed by atoms with Crippen LogP contribution in [0.2, 0.25) is 0 Å². The zero-order valence-corrected chi connectivity index (χ0v) is 17.3. The topological polar surface area (TPSA) is 79.4 Å². The van der Waals surface area contributed by atoms with Crippen LogP contribution in [0.3, 0.4) is 0 Å². The lowest BCUT2D eigenvalue weighted by Gasteiger charge is -2.31. The first kappa shape index (κ1) is 22.1. The van der Waals surface area contributed by atoms with E-state index in [0.717, 1.165) is 50.9 Å². The Bertz CT molecular complexity index is 685. The zero-order valence-electron chi connectivity index (χ0n) is 15.7. The quantitative estimate of drug-likeness (QED) is 0.771. The molecule has 0 aromatic carbocycles. The molecule has 0 bridgehead atoms. The molecule has 2 aliphatic rings. The maximum atomic E-state index is 13.0. The van der Waals surface area contributed by atoms with E-state index in [0.29, 0.717) is 19.4 Å². The second-order valence-electron chi connectivity index (χ2n) is 7.39. The fourth-order valence-corrected chi connectivity index (χ4v) is 5.82. The average molecular weight is 416 g/mol. The summed E-state index contributed by atoms with van der Waals surface area (Å²) < 4.78 is 25.4. The molecular formula is C19H30ClN3O3S. The van der Waals surface area contributed by atoms with Crippen LogP contribution < -0.4 is 5.32 Å². The summed E-state index contributed by atoms with van der Waals surface area (Å²) >= 11 is 0. The number of nitrogens with zero attached hydrogens (tertiary/aromatic N) is 2. The summed E-state index contributed by atoms with van der Waals surface area (Å²) in [6, 6.07) is 5.70. The minimum atomic E-state index is -3.37. The average Bonchev–Trinajstić information content (AvgIpc) is 3.05. The number of hydrogen-bond acceptors (Lipinski definition) is 5. The molecule has 2 heterocycles. The van der Waals surface area contributed by atoms with E-state index in [1.807, 2.05) is 18.2 Å². The number of pyridine rings is 1. The third-order valence-electron chi connectivity index (χ3n) is 5.50. The number of hydrogen-bond donors (Lipinski definition) is 1. The van der Waals surface area contributed by atoms with Gasteiger partial charge in [0, 0.05) is 12.2 Å². The Balaban J connectivity index is 0.00000261. The Morgan fingerprint density at radius 2 is 1.89 bits per heavy atom. The summed E-state index contributed by atoms with van der Waals surface area (Å²) in [5.74, 6) is -0.636. The van der Waals surface area contributed by atoms with E-state index in [-0.39, 0.29) is 35.4 Å². The van der Waals surface area contributed by atoms with Crippen molar-refractivity contribution in [2.75, 3.05) is 18.8 Å². The van der Waals surface area contributed by atoms with E-state index < -0.39 is 9.84 Å². The monoisotopic (exact) mass is 415 g/mol. The molecule has 1 aromatic heterocycles. The van der Waals surface area contributed by atoms with Crippen molar-refractivity contribution < 1.29 is 13.2 Å². The molecule has 1 aliphatic carbocycles. The summed E-state index contributed by atoms with van der Waals surface area (Å²) in [5.41, 5.74) is 0.802. The minimum absolute atomic E-state index is 0. The number of halogens is 1. The summed E-state index contributed by atoms with van der Waals surface area (Å²) in [6.45, 7) is 2.18. The molecule has 152 valence electrons. The highest BCUT2D eigenvalue weighted by molar-refractivity contribution is 7.92. The highest BCUT2D eigenvalue weighted by Gasteiger charge is 2.34. The molecule has 1 N–H and O–H groups in total. The molecule has 6 nitrogen and oxygen atoms in total. The number of carbonyl (C=O) groups is 1. The van der Waals surface area contributed by atoms with Crippen LogP contribution in [-0.4, -0.2) is 54.3 Å². The van der Waals surface area contributed by atoms with Crippen LogP contribution in [-0.2, 0) is 21.2 Å². The lowest BCUT2D eigenvalue weighted by Crippen LogP contribution is -2.44. The summed E-state index contributed by atoms with van der Waals surface area (Å²) in [7, 11) is -3.37. The lowest BCUT2D eigenvalue weighted by atomic mass is 10.1. The van der Waals surface area contributed by atoms with E-state index in [1.165, 1.54) is 0 Å². The van der Waals surface area contributed by atoms with Gasteiger partial charge in [-0.1, -0.05) is 18.9 Å². The van der Waals surface area contributed by atoms with Gasteiger partial charge in [-0.25, -0.2) is 8.42 Å². The number of sulfone groups is 1. The van der Waals surface area contributed by atoms with Crippen molar-refractivity contribution >= 4 is 28.2 Å². The molecule has 8 heteroatoms. The van der Waals surface area contributed by atoms with Gasteiger partial charge in [0.15, 0.2) is 9.84 Å². The largest absolute Gasteiger partial charge is 0.333 e. The smallest absolute Gasteiger partial charge is 0.238 e. The number of aromatic nitrogens is 1. The molecule has 1 saturated heterocycles. The maximum Gasteiger partial charge on any atom is 0.238 e. The van der Waals surface area contributed by atoms with Crippen LogP contribution in [0.5, 0.6) is 0 Å². The van der Waals surface area contributed by atoms with Gasteiger partial charge in [0.05, 0.1) is 17.5 Å². The maximum absolute atomic E-state index is 13.0. The van der Waals surface area contributed by atoms with E-state index in [4.69, 9.17) is 0 Å². The van der Waals surface area contributed by atoms with Crippen molar-refractivity contribution in [3.05, 3.63) is 30.1 Å². The second kappa shape index (κ2) is 10.4. The van der Waals surface area contributed by atoms with Gasteiger partial charge in [0.25, 0.3) is 0 Å². The Kier molecular flexibility index (Phi) is 8.51. The van der Waals surface area contributed by atoms with Crippen LogP contribution in [0.15, 0.2) is 24.4 Å². The predicted molar refractivity (Wildman–Crippen MR) is 109 cm³/mol. The fourth-order valence-electron chi connectivity index (χ4n) is 4.02. The SMILES string of the molecule is Cl.O=C(CS(=O)(=O)C1CCCC1)N(Cc1ccccn1)C1CCCNCC1. The molecule has 1 amide bonds. The highest BCUT2D eigenvalue weighted by Crippen LogP contribution is 2.26. The van der Waals surface area contributed by atoms with E-state index in [1.54, 1.807) is 11.1 Å². The van der Waals surface area contributed by atoms with Crippen molar-refractivity contribution in [1.82, 2.24) is 15.2 Å². The molecule has 0 spiro atoms. The van der Waals surface area contributed by atoms with Crippen molar-refractivity contribution in [2.45, 2.75) is 62.8 Å². The normalized spacial score (nSPS) is 21.3. The van der Waals surface area contributed by atoms with Gasteiger partial charge in [-0.15, -0.1) is 12.4 Å². The van der Waals surface area contributed by atoms with Crippen LogP contribution in [0.1, 0.15) is 50.6 Å². The predicted octanol–water partition coefficient (Wildman–Crippen LogP) is 2.33. The Labute approximate surface area is 168 Å². The molecule has 3 rings (SSSR count). The van der Waals surface area contributed by atoms with Crippen molar-refractivity contribution in [3.63, 3.8) is 0 Å². The Hall–Kier alpha value is -1.18. The number of rotatable bonds is 6. The minimum Gasteiger partial charge on any atom is -0.333 e. The van der Waals surface area contributed by atoms with E-state index >= 15 is 0 Å².